The fourth-order valence-electron chi connectivity index (χ4n) is 0.978. The first kappa shape index (κ1) is 11.3. The summed E-state index contributed by atoms with van der Waals surface area (Å²) in [5.41, 5.74) is -0.609. The normalized spacial score (nSPS) is 10.5. The van der Waals surface area contributed by atoms with Crippen molar-refractivity contribution in [1.29, 1.82) is 0 Å². The minimum absolute atomic E-state index is 0.0450. The quantitative estimate of drug-likeness (QED) is 0.560. The van der Waals surface area contributed by atoms with Gasteiger partial charge in [-0.05, 0) is 32.0 Å². The molecule has 2 nitrogen and oxygen atoms in total. The van der Waals surface area contributed by atoms with E-state index in [0.717, 1.165) is 6.07 Å². The number of terminal acetylenes is 1. The van der Waals surface area contributed by atoms with Gasteiger partial charge in [-0.25, -0.2) is 4.39 Å². The molecule has 0 aromatic heterocycles. The summed E-state index contributed by atoms with van der Waals surface area (Å²) in [5, 5.41) is 0. The Kier molecular flexibility index (Phi) is 3.11. The molecule has 3 heteroatoms. The molecule has 0 atom stereocenters. The monoisotopic (exact) mass is 206 g/mol. The molecule has 0 spiro atoms. The fourth-order valence-corrected chi connectivity index (χ4v) is 0.978. The van der Waals surface area contributed by atoms with Crippen molar-refractivity contribution < 1.29 is 13.9 Å². The Morgan fingerprint density at radius 3 is 2.67 bits per heavy atom. The van der Waals surface area contributed by atoms with Crippen LogP contribution < -0.4 is 4.74 Å². The predicted octanol–water partition coefficient (Wildman–Crippen LogP) is 2.43. The maximum absolute atomic E-state index is 13.4. The first-order valence-electron chi connectivity index (χ1n) is 4.40. The Morgan fingerprint density at radius 2 is 2.20 bits per heavy atom. The minimum Gasteiger partial charge on any atom is -0.472 e. The molecular formula is C12H11FO2. The molecule has 1 rings (SSSR count). The van der Waals surface area contributed by atoms with E-state index >= 15 is 0 Å². The van der Waals surface area contributed by atoms with Gasteiger partial charge in [0, 0.05) is 5.56 Å². The van der Waals surface area contributed by atoms with Crippen molar-refractivity contribution in [2.24, 2.45) is 0 Å². The summed E-state index contributed by atoms with van der Waals surface area (Å²) < 4.78 is 18.6. The molecule has 0 N–H and O–H groups in total. The van der Waals surface area contributed by atoms with Gasteiger partial charge in [0.2, 0.25) is 0 Å². The van der Waals surface area contributed by atoms with Crippen molar-refractivity contribution in [2.75, 3.05) is 0 Å². The van der Waals surface area contributed by atoms with Crippen molar-refractivity contribution >= 4 is 6.29 Å². The van der Waals surface area contributed by atoms with E-state index in [1.807, 2.05) is 0 Å². The maximum Gasteiger partial charge on any atom is 0.165 e. The van der Waals surface area contributed by atoms with E-state index in [2.05, 4.69) is 5.92 Å². The van der Waals surface area contributed by atoms with Gasteiger partial charge >= 0.3 is 0 Å². The van der Waals surface area contributed by atoms with Crippen LogP contribution in [0.5, 0.6) is 5.75 Å². The second-order valence-electron chi connectivity index (χ2n) is 3.56. The fraction of sp³-hybridized carbons (Fsp3) is 0.250. The molecule has 1 aromatic carbocycles. The van der Waals surface area contributed by atoms with Gasteiger partial charge in [-0.15, -0.1) is 6.42 Å². The Bertz CT molecular complexity index is 416. The summed E-state index contributed by atoms with van der Waals surface area (Å²) in [7, 11) is 0. The van der Waals surface area contributed by atoms with Gasteiger partial charge in [0.25, 0.3) is 0 Å². The number of hydrogen-bond donors (Lipinski definition) is 0. The van der Waals surface area contributed by atoms with Gasteiger partial charge in [0.15, 0.2) is 17.2 Å². The minimum atomic E-state index is -0.871. The molecule has 0 unspecified atom stereocenters. The number of benzene rings is 1. The second-order valence-corrected chi connectivity index (χ2v) is 3.56. The molecule has 0 saturated heterocycles. The number of ether oxygens (including phenoxy) is 1. The molecule has 78 valence electrons. The third kappa shape index (κ3) is 2.81. The topological polar surface area (TPSA) is 26.3 Å². The van der Waals surface area contributed by atoms with Gasteiger partial charge in [-0.2, -0.15) is 0 Å². The Labute approximate surface area is 88.1 Å². The summed E-state index contributed by atoms with van der Waals surface area (Å²) >= 11 is 0. The average molecular weight is 206 g/mol. The van der Waals surface area contributed by atoms with Gasteiger partial charge in [0.1, 0.15) is 6.29 Å². The third-order valence-electron chi connectivity index (χ3n) is 1.80. The van der Waals surface area contributed by atoms with Crippen LogP contribution in [0.15, 0.2) is 18.2 Å². The lowest BCUT2D eigenvalue weighted by atomic mass is 10.1. The number of carbonyl (C=O) groups excluding carboxylic acids is 1. The van der Waals surface area contributed by atoms with Crippen molar-refractivity contribution in [3.63, 3.8) is 0 Å². The van der Waals surface area contributed by atoms with Gasteiger partial charge in [-0.1, -0.05) is 5.92 Å². The van der Waals surface area contributed by atoms with Crippen LogP contribution in [0.4, 0.5) is 4.39 Å². The summed E-state index contributed by atoms with van der Waals surface area (Å²) in [6.45, 7) is 3.31. The molecule has 0 amide bonds. The summed E-state index contributed by atoms with van der Waals surface area (Å²) in [4.78, 5) is 10.4. The first-order chi connectivity index (χ1) is 6.98. The van der Waals surface area contributed by atoms with Gasteiger partial charge in [-0.3, -0.25) is 4.79 Å². The predicted molar refractivity (Wildman–Crippen MR) is 55.3 cm³/mol. The molecule has 0 radical (unpaired) electrons. The zero-order chi connectivity index (χ0) is 11.5. The maximum atomic E-state index is 13.4. The molecule has 0 aliphatic heterocycles. The Morgan fingerprint density at radius 1 is 1.53 bits per heavy atom. The highest BCUT2D eigenvalue weighted by molar-refractivity contribution is 5.74. The summed E-state index contributed by atoms with van der Waals surface area (Å²) in [6.07, 6.45) is 5.78. The molecule has 0 bridgehead atoms. The average Bonchev–Trinajstić information content (AvgIpc) is 2.21. The van der Waals surface area contributed by atoms with Gasteiger partial charge in [0.05, 0.1) is 0 Å². The molecule has 0 heterocycles. The SMILES string of the molecule is C#CC(C)(C)Oc1ccc(C=O)cc1F. The Hall–Kier alpha value is -1.82. The molecule has 0 saturated carbocycles. The van der Waals surface area contributed by atoms with Crippen LogP contribution in [0.3, 0.4) is 0 Å². The van der Waals surface area contributed by atoms with Crippen molar-refractivity contribution in [3.8, 4) is 18.1 Å². The first-order valence-corrected chi connectivity index (χ1v) is 4.40. The molecule has 15 heavy (non-hydrogen) atoms. The van der Waals surface area contributed by atoms with Crippen molar-refractivity contribution in [1.82, 2.24) is 0 Å². The van der Waals surface area contributed by atoms with Crippen LogP contribution in [0, 0.1) is 18.2 Å². The van der Waals surface area contributed by atoms with E-state index in [1.165, 1.54) is 12.1 Å². The zero-order valence-electron chi connectivity index (χ0n) is 8.58. The van der Waals surface area contributed by atoms with Gasteiger partial charge < -0.3 is 4.74 Å². The lowest BCUT2D eigenvalue weighted by Crippen LogP contribution is -2.26. The smallest absolute Gasteiger partial charge is 0.165 e. The molecule has 0 aliphatic rings. The lowest BCUT2D eigenvalue weighted by molar-refractivity contribution is 0.112. The van der Waals surface area contributed by atoms with E-state index in [4.69, 9.17) is 11.2 Å². The number of hydrogen-bond acceptors (Lipinski definition) is 2. The van der Waals surface area contributed by atoms with Crippen LogP contribution in [0.2, 0.25) is 0 Å². The standard InChI is InChI=1S/C12H11FO2/c1-4-12(2,3)15-11-6-5-9(8-14)7-10(11)13/h1,5-8H,2-3H3. The molecular weight excluding hydrogens is 195 g/mol. The van der Waals surface area contributed by atoms with E-state index in [9.17, 15) is 9.18 Å². The van der Waals surface area contributed by atoms with Crippen LogP contribution >= 0.6 is 0 Å². The van der Waals surface area contributed by atoms with E-state index in [1.54, 1.807) is 13.8 Å². The van der Waals surface area contributed by atoms with Crippen molar-refractivity contribution in [2.45, 2.75) is 19.4 Å². The molecule has 0 fully saturated rings. The Balaban J connectivity index is 2.98. The number of aldehydes is 1. The molecule has 0 aliphatic carbocycles. The lowest BCUT2D eigenvalue weighted by Gasteiger charge is -2.20. The van der Waals surface area contributed by atoms with Crippen LogP contribution in [-0.2, 0) is 0 Å². The highest BCUT2D eigenvalue weighted by atomic mass is 19.1. The summed E-state index contributed by atoms with van der Waals surface area (Å²) in [5.74, 6) is 1.84. The highest BCUT2D eigenvalue weighted by Crippen LogP contribution is 2.22. The third-order valence-corrected chi connectivity index (χ3v) is 1.80. The largest absolute Gasteiger partial charge is 0.472 e. The second kappa shape index (κ2) is 4.14. The number of carbonyl (C=O) groups is 1. The van der Waals surface area contributed by atoms with Crippen LogP contribution in [0.25, 0.3) is 0 Å². The number of halogens is 1. The molecule has 1 aromatic rings. The van der Waals surface area contributed by atoms with Crippen LogP contribution in [0.1, 0.15) is 24.2 Å². The van der Waals surface area contributed by atoms with E-state index in [-0.39, 0.29) is 11.3 Å². The highest BCUT2D eigenvalue weighted by Gasteiger charge is 2.17. The van der Waals surface area contributed by atoms with E-state index < -0.39 is 11.4 Å². The van der Waals surface area contributed by atoms with E-state index in [0.29, 0.717) is 6.29 Å². The zero-order valence-corrected chi connectivity index (χ0v) is 8.58. The summed E-state index contributed by atoms with van der Waals surface area (Å²) in [6, 6.07) is 3.96. The van der Waals surface area contributed by atoms with Crippen LogP contribution in [-0.4, -0.2) is 11.9 Å². The van der Waals surface area contributed by atoms with Crippen molar-refractivity contribution in [3.05, 3.63) is 29.6 Å². The number of rotatable bonds is 3.